The second-order valence-corrected chi connectivity index (χ2v) is 6.53. The molecular formula is C22H36O6. The molecule has 0 aromatic carbocycles. The summed E-state index contributed by atoms with van der Waals surface area (Å²) < 4.78 is 26.5. The normalized spacial score (nSPS) is 12.6. The Morgan fingerprint density at radius 3 is 1.75 bits per heavy atom. The van der Waals surface area contributed by atoms with Crippen molar-refractivity contribution in [3.05, 3.63) is 25.3 Å². The van der Waals surface area contributed by atoms with E-state index in [1.165, 1.54) is 0 Å². The van der Waals surface area contributed by atoms with Gasteiger partial charge in [0.15, 0.2) is 0 Å². The van der Waals surface area contributed by atoms with Crippen LogP contribution >= 0.6 is 0 Å². The SMILES string of the molecule is C#CCOC[C@H](CO)OCC=C.C#CCOC[C@H](COC(C)(C)C)OCC=C. The Kier molecular flexibility index (Phi) is 20.5. The molecule has 0 aromatic heterocycles. The standard InChI is InChI=1S/C13H22O3.C9H14O3/c1-6-8-14-10-12(15-9-7-2)11-16-13(3,4)5;1-3-5-11-8-9(7-10)12-6-4-2/h1,7,12H,2,8-11H2,3-5H3;1,4,9-10H,2,5-8H2/t12-;9-/m10/s1. The lowest BCUT2D eigenvalue weighted by Gasteiger charge is -2.24. The highest BCUT2D eigenvalue weighted by molar-refractivity contribution is 4.83. The van der Waals surface area contributed by atoms with Gasteiger partial charge >= 0.3 is 0 Å². The van der Waals surface area contributed by atoms with E-state index in [-0.39, 0.29) is 31.0 Å². The summed E-state index contributed by atoms with van der Waals surface area (Å²) in [7, 11) is 0. The number of terminal acetylenes is 2. The first kappa shape index (κ1) is 28.6. The molecule has 0 aliphatic carbocycles. The fourth-order valence-electron chi connectivity index (χ4n) is 1.55. The van der Waals surface area contributed by atoms with Crippen molar-refractivity contribution < 1.29 is 28.8 Å². The molecule has 0 aromatic rings. The minimum atomic E-state index is -0.309. The first-order valence-electron chi connectivity index (χ1n) is 9.06. The quantitative estimate of drug-likeness (QED) is 0.260. The van der Waals surface area contributed by atoms with Gasteiger partial charge in [0.25, 0.3) is 0 Å². The van der Waals surface area contributed by atoms with E-state index in [1.54, 1.807) is 12.2 Å². The van der Waals surface area contributed by atoms with Gasteiger partial charge in [-0.2, -0.15) is 0 Å². The van der Waals surface area contributed by atoms with Crippen molar-refractivity contribution in [2.75, 3.05) is 52.9 Å². The summed E-state index contributed by atoms with van der Waals surface area (Å²) in [4.78, 5) is 0. The Morgan fingerprint density at radius 2 is 1.36 bits per heavy atom. The lowest BCUT2D eigenvalue weighted by molar-refractivity contribution is -0.0889. The zero-order valence-corrected chi connectivity index (χ0v) is 17.5. The van der Waals surface area contributed by atoms with Crippen LogP contribution in [-0.4, -0.2) is 75.8 Å². The van der Waals surface area contributed by atoms with Gasteiger partial charge in [-0.15, -0.1) is 26.0 Å². The maximum Gasteiger partial charge on any atom is 0.107 e. The minimum Gasteiger partial charge on any atom is -0.394 e. The molecule has 0 heterocycles. The van der Waals surface area contributed by atoms with Gasteiger partial charge < -0.3 is 28.8 Å². The molecule has 1 N–H and O–H groups in total. The van der Waals surface area contributed by atoms with Crippen molar-refractivity contribution in [3.8, 4) is 24.7 Å². The number of aliphatic hydroxyl groups is 1. The van der Waals surface area contributed by atoms with E-state index in [1.807, 2.05) is 20.8 Å². The highest BCUT2D eigenvalue weighted by Crippen LogP contribution is 2.08. The number of hydrogen-bond donors (Lipinski definition) is 1. The van der Waals surface area contributed by atoms with E-state index < -0.39 is 0 Å². The topological polar surface area (TPSA) is 66.4 Å². The Morgan fingerprint density at radius 1 is 0.893 bits per heavy atom. The lowest BCUT2D eigenvalue weighted by atomic mass is 10.2. The Balaban J connectivity index is 0. The molecule has 6 nitrogen and oxygen atoms in total. The zero-order valence-electron chi connectivity index (χ0n) is 17.5. The second-order valence-electron chi connectivity index (χ2n) is 6.53. The van der Waals surface area contributed by atoms with Gasteiger partial charge in [-0.25, -0.2) is 0 Å². The van der Waals surface area contributed by atoms with Crippen LogP contribution in [-0.2, 0) is 23.7 Å². The Bertz CT molecular complexity index is 455. The maximum absolute atomic E-state index is 8.76. The molecule has 6 heteroatoms. The van der Waals surface area contributed by atoms with Gasteiger partial charge in [-0.05, 0) is 20.8 Å². The highest BCUT2D eigenvalue weighted by Gasteiger charge is 2.15. The second kappa shape index (κ2) is 20.1. The van der Waals surface area contributed by atoms with E-state index >= 15 is 0 Å². The Labute approximate surface area is 170 Å². The van der Waals surface area contributed by atoms with Gasteiger partial charge in [0.05, 0.1) is 45.2 Å². The van der Waals surface area contributed by atoms with Gasteiger partial charge in [0.2, 0.25) is 0 Å². The molecule has 0 aliphatic rings. The molecule has 28 heavy (non-hydrogen) atoms. The summed E-state index contributed by atoms with van der Waals surface area (Å²) in [5.74, 6) is 4.74. The lowest BCUT2D eigenvalue weighted by Crippen LogP contribution is -2.31. The molecule has 160 valence electrons. The minimum absolute atomic E-state index is 0.0710. The molecule has 0 saturated carbocycles. The van der Waals surface area contributed by atoms with E-state index in [4.69, 9.17) is 41.6 Å². The predicted octanol–water partition coefficient (Wildman–Crippen LogP) is 2.22. The van der Waals surface area contributed by atoms with Crippen LogP contribution in [0.5, 0.6) is 0 Å². The average molecular weight is 397 g/mol. The van der Waals surface area contributed by atoms with Crippen molar-refractivity contribution >= 4 is 0 Å². The summed E-state index contributed by atoms with van der Waals surface area (Å²) in [6.07, 6.45) is 13.0. The highest BCUT2D eigenvalue weighted by atomic mass is 16.6. The molecule has 0 radical (unpaired) electrons. The first-order chi connectivity index (χ1) is 13.3. The molecule has 0 aliphatic heterocycles. The average Bonchev–Trinajstić information content (AvgIpc) is 2.66. The van der Waals surface area contributed by atoms with Crippen LogP contribution in [0.3, 0.4) is 0 Å². The molecule has 0 unspecified atom stereocenters. The third-order valence-corrected chi connectivity index (χ3v) is 2.78. The molecule has 0 amide bonds. The Hall–Kier alpha value is -1.64. The van der Waals surface area contributed by atoms with Crippen molar-refractivity contribution in [2.45, 2.75) is 38.6 Å². The fraction of sp³-hybridized carbons (Fsp3) is 0.636. The van der Waals surface area contributed by atoms with E-state index in [0.717, 1.165) is 0 Å². The van der Waals surface area contributed by atoms with Crippen molar-refractivity contribution in [1.29, 1.82) is 0 Å². The van der Waals surface area contributed by atoms with Gasteiger partial charge in [0, 0.05) is 0 Å². The van der Waals surface area contributed by atoms with Crippen molar-refractivity contribution in [1.82, 2.24) is 0 Å². The third-order valence-electron chi connectivity index (χ3n) is 2.78. The van der Waals surface area contributed by atoms with Crippen LogP contribution in [0.2, 0.25) is 0 Å². The third kappa shape index (κ3) is 22.4. The summed E-state index contributed by atoms with van der Waals surface area (Å²) in [6.45, 7) is 15.7. The van der Waals surface area contributed by atoms with E-state index in [0.29, 0.717) is 39.6 Å². The van der Waals surface area contributed by atoms with Gasteiger partial charge in [-0.1, -0.05) is 24.0 Å². The van der Waals surface area contributed by atoms with Crippen LogP contribution in [0, 0.1) is 24.7 Å². The number of rotatable bonds is 15. The molecule has 2 atom stereocenters. The fourth-order valence-corrected chi connectivity index (χ4v) is 1.55. The molecule has 0 rings (SSSR count). The smallest absolute Gasteiger partial charge is 0.107 e. The summed E-state index contributed by atoms with van der Waals surface area (Å²) in [5.41, 5.74) is -0.179. The number of ether oxygens (including phenoxy) is 5. The molecular weight excluding hydrogens is 360 g/mol. The number of hydrogen-bond acceptors (Lipinski definition) is 6. The summed E-state index contributed by atoms with van der Waals surface area (Å²) in [6, 6.07) is 0. The first-order valence-corrected chi connectivity index (χ1v) is 9.06. The van der Waals surface area contributed by atoms with Crippen molar-refractivity contribution in [3.63, 3.8) is 0 Å². The monoisotopic (exact) mass is 396 g/mol. The van der Waals surface area contributed by atoms with Crippen LogP contribution in [0.4, 0.5) is 0 Å². The maximum atomic E-state index is 8.76. The van der Waals surface area contributed by atoms with Gasteiger partial charge in [0.1, 0.15) is 25.4 Å². The van der Waals surface area contributed by atoms with Crippen LogP contribution in [0.15, 0.2) is 25.3 Å². The largest absolute Gasteiger partial charge is 0.394 e. The summed E-state index contributed by atoms with van der Waals surface area (Å²) >= 11 is 0. The summed E-state index contributed by atoms with van der Waals surface area (Å²) in [5, 5.41) is 8.76. The zero-order chi connectivity index (χ0) is 21.7. The van der Waals surface area contributed by atoms with Crippen LogP contribution < -0.4 is 0 Å². The number of aliphatic hydroxyl groups excluding tert-OH is 1. The van der Waals surface area contributed by atoms with Crippen LogP contribution in [0.1, 0.15) is 20.8 Å². The van der Waals surface area contributed by atoms with Gasteiger partial charge in [-0.3, -0.25) is 0 Å². The molecule has 0 saturated heterocycles. The molecule has 0 fully saturated rings. The van der Waals surface area contributed by atoms with Crippen LogP contribution in [0.25, 0.3) is 0 Å². The predicted molar refractivity (Wildman–Crippen MR) is 112 cm³/mol. The molecule has 0 bridgehead atoms. The van der Waals surface area contributed by atoms with E-state index in [2.05, 4.69) is 25.0 Å². The van der Waals surface area contributed by atoms with E-state index in [9.17, 15) is 0 Å². The van der Waals surface area contributed by atoms with Crippen molar-refractivity contribution in [2.24, 2.45) is 0 Å². The molecule has 0 spiro atoms.